The maximum absolute atomic E-state index is 12.2. The normalized spacial score (nSPS) is 10.6. The van der Waals surface area contributed by atoms with Crippen molar-refractivity contribution < 1.29 is 9.21 Å². The number of rotatable bonds is 6. The SMILES string of the molecule is CCc1ccccc1NC(=O)CSc1nnc(-c2cccc(C)c2)o1. The average molecular weight is 353 g/mol. The molecule has 1 N–H and O–H groups in total. The summed E-state index contributed by atoms with van der Waals surface area (Å²) in [6, 6.07) is 15.6. The third kappa shape index (κ3) is 4.48. The van der Waals surface area contributed by atoms with E-state index in [1.807, 2.05) is 55.5 Å². The van der Waals surface area contributed by atoms with Gasteiger partial charge in [0.05, 0.1) is 5.75 Å². The maximum Gasteiger partial charge on any atom is 0.277 e. The first-order valence-electron chi connectivity index (χ1n) is 8.07. The molecule has 0 saturated heterocycles. The average Bonchev–Trinajstić information content (AvgIpc) is 3.09. The highest BCUT2D eigenvalue weighted by molar-refractivity contribution is 7.99. The van der Waals surface area contributed by atoms with Gasteiger partial charge in [0.2, 0.25) is 11.8 Å². The van der Waals surface area contributed by atoms with Crippen LogP contribution in [-0.2, 0) is 11.2 Å². The largest absolute Gasteiger partial charge is 0.411 e. The van der Waals surface area contributed by atoms with Gasteiger partial charge in [-0.25, -0.2) is 0 Å². The standard InChI is InChI=1S/C19H19N3O2S/c1-3-14-8-4-5-10-16(14)20-17(23)12-25-19-22-21-18(24-19)15-9-6-7-13(2)11-15/h4-11H,3,12H2,1-2H3,(H,20,23). The van der Waals surface area contributed by atoms with E-state index in [0.717, 1.165) is 28.8 Å². The Morgan fingerprint density at radius 1 is 1.16 bits per heavy atom. The van der Waals surface area contributed by atoms with Crippen molar-refractivity contribution in [1.82, 2.24) is 10.2 Å². The molecule has 0 saturated carbocycles. The lowest BCUT2D eigenvalue weighted by Gasteiger charge is -2.08. The lowest BCUT2D eigenvalue weighted by atomic mass is 10.1. The Morgan fingerprint density at radius 2 is 2.00 bits per heavy atom. The van der Waals surface area contributed by atoms with Gasteiger partial charge in [-0.1, -0.05) is 54.6 Å². The molecule has 6 heteroatoms. The van der Waals surface area contributed by atoms with Gasteiger partial charge >= 0.3 is 0 Å². The molecule has 0 radical (unpaired) electrons. The van der Waals surface area contributed by atoms with Crippen LogP contribution in [0.1, 0.15) is 18.1 Å². The number of nitrogens with zero attached hydrogens (tertiary/aromatic N) is 2. The Kier molecular flexibility index (Phi) is 5.50. The quantitative estimate of drug-likeness (QED) is 0.668. The third-order valence-electron chi connectivity index (χ3n) is 3.67. The number of benzene rings is 2. The van der Waals surface area contributed by atoms with E-state index in [-0.39, 0.29) is 11.7 Å². The number of amides is 1. The van der Waals surface area contributed by atoms with E-state index < -0.39 is 0 Å². The highest BCUT2D eigenvalue weighted by Gasteiger charge is 2.12. The Balaban J connectivity index is 1.59. The zero-order valence-electron chi connectivity index (χ0n) is 14.2. The van der Waals surface area contributed by atoms with Crippen LogP contribution >= 0.6 is 11.8 Å². The van der Waals surface area contributed by atoms with Gasteiger partial charge in [0, 0.05) is 11.3 Å². The molecule has 5 nitrogen and oxygen atoms in total. The molecule has 128 valence electrons. The molecule has 0 aliphatic rings. The van der Waals surface area contributed by atoms with E-state index in [9.17, 15) is 4.79 Å². The van der Waals surface area contributed by atoms with Crippen LogP contribution < -0.4 is 5.32 Å². The predicted octanol–water partition coefficient (Wildman–Crippen LogP) is 4.34. The molecule has 0 aliphatic heterocycles. The second kappa shape index (κ2) is 7.98. The van der Waals surface area contributed by atoms with Crippen LogP contribution in [0, 0.1) is 6.92 Å². The Labute approximate surface area is 150 Å². The Hall–Kier alpha value is -2.60. The van der Waals surface area contributed by atoms with Gasteiger partial charge in [-0.2, -0.15) is 0 Å². The zero-order chi connectivity index (χ0) is 17.6. The van der Waals surface area contributed by atoms with Crippen LogP contribution in [0.4, 0.5) is 5.69 Å². The molecule has 1 heterocycles. The Bertz CT molecular complexity index is 876. The summed E-state index contributed by atoms with van der Waals surface area (Å²) in [5.74, 6) is 0.581. The molecule has 2 aromatic carbocycles. The van der Waals surface area contributed by atoms with E-state index in [2.05, 4.69) is 22.4 Å². The van der Waals surface area contributed by atoms with Crippen molar-refractivity contribution in [2.75, 3.05) is 11.1 Å². The number of aryl methyl sites for hydroxylation is 2. The van der Waals surface area contributed by atoms with E-state index in [1.165, 1.54) is 11.8 Å². The number of carbonyl (C=O) groups excluding carboxylic acids is 1. The van der Waals surface area contributed by atoms with E-state index in [4.69, 9.17) is 4.42 Å². The zero-order valence-corrected chi connectivity index (χ0v) is 15.0. The fourth-order valence-electron chi connectivity index (χ4n) is 2.43. The highest BCUT2D eigenvalue weighted by Crippen LogP contribution is 2.24. The first-order valence-corrected chi connectivity index (χ1v) is 9.05. The summed E-state index contributed by atoms with van der Waals surface area (Å²) in [4.78, 5) is 12.2. The number of hydrogen-bond donors (Lipinski definition) is 1. The van der Waals surface area contributed by atoms with E-state index >= 15 is 0 Å². The molecule has 25 heavy (non-hydrogen) atoms. The number of anilines is 1. The smallest absolute Gasteiger partial charge is 0.277 e. The second-order valence-corrected chi connectivity index (χ2v) is 6.52. The summed E-state index contributed by atoms with van der Waals surface area (Å²) in [7, 11) is 0. The third-order valence-corrected chi connectivity index (χ3v) is 4.49. The van der Waals surface area contributed by atoms with Gasteiger partial charge < -0.3 is 9.73 Å². The summed E-state index contributed by atoms with van der Waals surface area (Å²) >= 11 is 1.23. The van der Waals surface area contributed by atoms with Crippen molar-refractivity contribution in [3.8, 4) is 11.5 Å². The first kappa shape index (κ1) is 17.2. The second-order valence-electron chi connectivity index (χ2n) is 5.59. The predicted molar refractivity (Wildman–Crippen MR) is 99.6 cm³/mol. The molecule has 1 aromatic heterocycles. The monoisotopic (exact) mass is 353 g/mol. The molecule has 3 aromatic rings. The van der Waals surface area contributed by atoms with Gasteiger partial charge in [-0.15, -0.1) is 10.2 Å². The molecule has 0 fully saturated rings. The molecule has 0 spiro atoms. The summed E-state index contributed by atoms with van der Waals surface area (Å²) in [6.07, 6.45) is 0.868. The lowest BCUT2D eigenvalue weighted by molar-refractivity contribution is -0.113. The summed E-state index contributed by atoms with van der Waals surface area (Å²) in [5.41, 5.74) is 3.96. The molecule has 1 amide bonds. The van der Waals surface area contributed by atoms with Crippen LogP contribution in [0.5, 0.6) is 0 Å². The van der Waals surface area contributed by atoms with E-state index in [1.54, 1.807) is 0 Å². The molecule has 0 atom stereocenters. The van der Waals surface area contributed by atoms with Crippen molar-refractivity contribution in [2.24, 2.45) is 0 Å². The van der Waals surface area contributed by atoms with Crippen LogP contribution in [-0.4, -0.2) is 21.9 Å². The fraction of sp³-hybridized carbons (Fsp3) is 0.211. The number of aromatic nitrogens is 2. The molecule has 0 unspecified atom stereocenters. The topological polar surface area (TPSA) is 68.0 Å². The number of carbonyl (C=O) groups is 1. The van der Waals surface area contributed by atoms with Gasteiger partial charge in [-0.3, -0.25) is 4.79 Å². The van der Waals surface area contributed by atoms with Crippen molar-refractivity contribution in [1.29, 1.82) is 0 Å². The number of para-hydroxylation sites is 1. The number of thioether (sulfide) groups is 1. The van der Waals surface area contributed by atoms with Crippen molar-refractivity contribution in [3.63, 3.8) is 0 Å². The summed E-state index contributed by atoms with van der Waals surface area (Å²) in [5, 5.41) is 11.4. The first-order chi connectivity index (χ1) is 12.2. The van der Waals surface area contributed by atoms with E-state index in [0.29, 0.717) is 11.1 Å². The summed E-state index contributed by atoms with van der Waals surface area (Å²) in [6.45, 7) is 4.07. The van der Waals surface area contributed by atoms with Gasteiger partial charge in [-0.05, 0) is 37.1 Å². The molecule has 0 aliphatic carbocycles. The molecular weight excluding hydrogens is 334 g/mol. The minimum absolute atomic E-state index is 0.0961. The van der Waals surface area contributed by atoms with Gasteiger partial charge in [0.1, 0.15) is 0 Å². The van der Waals surface area contributed by atoms with Crippen LogP contribution in [0.25, 0.3) is 11.5 Å². The van der Waals surface area contributed by atoms with Crippen LogP contribution in [0.3, 0.4) is 0 Å². The highest BCUT2D eigenvalue weighted by atomic mass is 32.2. The molecule has 0 bridgehead atoms. The maximum atomic E-state index is 12.2. The van der Waals surface area contributed by atoms with Crippen molar-refractivity contribution in [2.45, 2.75) is 25.5 Å². The minimum atomic E-state index is -0.0961. The number of hydrogen-bond acceptors (Lipinski definition) is 5. The van der Waals surface area contributed by atoms with Crippen LogP contribution in [0.2, 0.25) is 0 Å². The Morgan fingerprint density at radius 3 is 2.80 bits per heavy atom. The molecular formula is C19H19N3O2S. The van der Waals surface area contributed by atoms with Crippen molar-refractivity contribution >= 4 is 23.4 Å². The van der Waals surface area contributed by atoms with Gasteiger partial charge in [0.25, 0.3) is 5.22 Å². The van der Waals surface area contributed by atoms with Crippen LogP contribution in [0.15, 0.2) is 58.2 Å². The number of nitrogens with one attached hydrogen (secondary N) is 1. The van der Waals surface area contributed by atoms with Gasteiger partial charge in [0.15, 0.2) is 0 Å². The van der Waals surface area contributed by atoms with Crippen molar-refractivity contribution in [3.05, 3.63) is 59.7 Å². The fourth-order valence-corrected chi connectivity index (χ4v) is 2.99. The lowest BCUT2D eigenvalue weighted by Crippen LogP contribution is -2.15. The minimum Gasteiger partial charge on any atom is -0.411 e. The summed E-state index contributed by atoms with van der Waals surface area (Å²) < 4.78 is 5.63. The molecule has 3 rings (SSSR count).